The number of hydrogen-bond acceptors (Lipinski definition) is 3. The molecule has 0 spiro atoms. The molecule has 0 aliphatic heterocycles. The lowest BCUT2D eigenvalue weighted by atomic mass is 10.0. The standard InChI is InChI=1S/C24H23BrN4O/c1-14-5-10-22-20(11-14)21(12-15(2)26-22)24(30)27-23-16(3)28-29(17(23)4)13-18-6-8-19(25)9-7-18/h5-12H,13H2,1-4H3,(H,27,30). The number of carbonyl (C=O) groups excluding carboxylic acids is 1. The van der Waals surface area contributed by atoms with Crippen LogP contribution in [-0.2, 0) is 6.54 Å². The minimum Gasteiger partial charge on any atom is -0.319 e. The summed E-state index contributed by atoms with van der Waals surface area (Å²) in [6.07, 6.45) is 0. The number of fused-ring (bicyclic) bond motifs is 1. The summed E-state index contributed by atoms with van der Waals surface area (Å²) in [6, 6.07) is 16.0. The van der Waals surface area contributed by atoms with Crippen LogP contribution in [0.25, 0.3) is 10.9 Å². The molecule has 0 unspecified atom stereocenters. The number of halogens is 1. The molecule has 0 bridgehead atoms. The quantitative estimate of drug-likeness (QED) is 0.421. The molecule has 0 radical (unpaired) electrons. The lowest BCUT2D eigenvalue weighted by molar-refractivity contribution is 0.102. The Hall–Kier alpha value is -2.99. The van der Waals surface area contributed by atoms with E-state index in [1.807, 2.05) is 68.8 Å². The van der Waals surface area contributed by atoms with Crippen LogP contribution in [0.5, 0.6) is 0 Å². The third kappa shape index (κ3) is 4.00. The van der Waals surface area contributed by atoms with E-state index in [0.717, 1.165) is 49.3 Å². The SMILES string of the molecule is Cc1ccc2nc(C)cc(C(=O)Nc3c(C)nn(Cc4ccc(Br)cc4)c3C)c2c1. The first-order valence-corrected chi connectivity index (χ1v) is 10.6. The zero-order valence-electron chi connectivity index (χ0n) is 17.5. The fourth-order valence-corrected chi connectivity index (χ4v) is 3.90. The van der Waals surface area contributed by atoms with Gasteiger partial charge in [0.2, 0.25) is 0 Å². The van der Waals surface area contributed by atoms with Crippen LogP contribution in [0.1, 0.15) is 38.6 Å². The van der Waals surface area contributed by atoms with Crippen molar-refractivity contribution in [3.05, 3.63) is 86.8 Å². The van der Waals surface area contributed by atoms with E-state index < -0.39 is 0 Å². The Morgan fingerprint density at radius 2 is 1.77 bits per heavy atom. The van der Waals surface area contributed by atoms with E-state index in [-0.39, 0.29) is 5.91 Å². The second-order valence-electron chi connectivity index (χ2n) is 7.62. The monoisotopic (exact) mass is 462 g/mol. The molecule has 2 aromatic heterocycles. The Morgan fingerprint density at radius 1 is 1.03 bits per heavy atom. The smallest absolute Gasteiger partial charge is 0.256 e. The van der Waals surface area contributed by atoms with Crippen molar-refractivity contribution in [2.24, 2.45) is 0 Å². The fraction of sp³-hybridized carbons (Fsp3) is 0.208. The van der Waals surface area contributed by atoms with Gasteiger partial charge in [0.25, 0.3) is 5.91 Å². The van der Waals surface area contributed by atoms with Gasteiger partial charge in [0, 0.05) is 15.6 Å². The molecule has 5 nitrogen and oxygen atoms in total. The average Bonchev–Trinajstić information content (AvgIpc) is 2.96. The van der Waals surface area contributed by atoms with Crippen molar-refractivity contribution in [1.29, 1.82) is 0 Å². The summed E-state index contributed by atoms with van der Waals surface area (Å²) in [6.45, 7) is 8.46. The van der Waals surface area contributed by atoms with Crippen molar-refractivity contribution in [3.63, 3.8) is 0 Å². The van der Waals surface area contributed by atoms with E-state index in [0.29, 0.717) is 12.1 Å². The highest BCUT2D eigenvalue weighted by Crippen LogP contribution is 2.25. The normalized spacial score (nSPS) is 11.1. The van der Waals surface area contributed by atoms with Gasteiger partial charge in [-0.3, -0.25) is 14.5 Å². The van der Waals surface area contributed by atoms with Gasteiger partial charge in [0.05, 0.1) is 34.7 Å². The van der Waals surface area contributed by atoms with Gasteiger partial charge in [0.15, 0.2) is 0 Å². The van der Waals surface area contributed by atoms with E-state index >= 15 is 0 Å². The molecule has 2 aromatic carbocycles. The van der Waals surface area contributed by atoms with Crippen LogP contribution in [-0.4, -0.2) is 20.7 Å². The highest BCUT2D eigenvalue weighted by Gasteiger charge is 2.18. The molecule has 0 atom stereocenters. The van der Waals surface area contributed by atoms with Gasteiger partial charge >= 0.3 is 0 Å². The number of aromatic nitrogens is 3. The number of pyridine rings is 1. The summed E-state index contributed by atoms with van der Waals surface area (Å²) in [5.41, 5.74) is 6.98. The second-order valence-corrected chi connectivity index (χ2v) is 8.53. The number of benzene rings is 2. The number of nitrogens with one attached hydrogen (secondary N) is 1. The first-order valence-electron chi connectivity index (χ1n) is 9.79. The van der Waals surface area contributed by atoms with Crippen LogP contribution in [0.2, 0.25) is 0 Å². The molecule has 0 fully saturated rings. The summed E-state index contributed by atoms with van der Waals surface area (Å²) < 4.78 is 2.97. The number of amides is 1. The van der Waals surface area contributed by atoms with Crippen LogP contribution in [0, 0.1) is 27.7 Å². The van der Waals surface area contributed by atoms with Crippen molar-refractivity contribution in [1.82, 2.24) is 14.8 Å². The maximum absolute atomic E-state index is 13.2. The van der Waals surface area contributed by atoms with E-state index in [4.69, 9.17) is 0 Å². The zero-order chi connectivity index (χ0) is 21.4. The largest absolute Gasteiger partial charge is 0.319 e. The maximum atomic E-state index is 13.2. The third-order valence-corrected chi connectivity index (χ3v) is 5.73. The molecule has 6 heteroatoms. The number of carbonyl (C=O) groups is 1. The predicted octanol–water partition coefficient (Wildman–Crippen LogP) is 5.73. The molecular weight excluding hydrogens is 440 g/mol. The van der Waals surface area contributed by atoms with E-state index in [9.17, 15) is 4.79 Å². The molecule has 4 rings (SSSR count). The summed E-state index contributed by atoms with van der Waals surface area (Å²) in [7, 11) is 0. The van der Waals surface area contributed by atoms with Crippen molar-refractivity contribution in [2.45, 2.75) is 34.2 Å². The molecule has 4 aromatic rings. The fourth-order valence-electron chi connectivity index (χ4n) is 3.64. The first kappa shape index (κ1) is 20.3. The Kier molecular flexibility index (Phi) is 5.43. The van der Waals surface area contributed by atoms with E-state index in [1.54, 1.807) is 0 Å². The molecule has 0 aliphatic carbocycles. The summed E-state index contributed by atoms with van der Waals surface area (Å²) in [5.74, 6) is -0.148. The number of aryl methyl sites for hydroxylation is 3. The van der Waals surface area contributed by atoms with Crippen LogP contribution >= 0.6 is 15.9 Å². The molecule has 1 N–H and O–H groups in total. The topological polar surface area (TPSA) is 59.8 Å². The van der Waals surface area contributed by atoms with Gasteiger partial charge in [-0.15, -0.1) is 0 Å². The number of nitrogens with zero attached hydrogens (tertiary/aromatic N) is 3. The minimum absolute atomic E-state index is 0.148. The Morgan fingerprint density at radius 3 is 2.50 bits per heavy atom. The summed E-state index contributed by atoms with van der Waals surface area (Å²) >= 11 is 3.46. The average molecular weight is 463 g/mol. The van der Waals surface area contributed by atoms with Crippen molar-refractivity contribution < 1.29 is 4.79 Å². The lowest BCUT2D eigenvalue weighted by Crippen LogP contribution is -2.14. The van der Waals surface area contributed by atoms with E-state index in [1.165, 1.54) is 0 Å². The molecule has 0 aliphatic rings. The lowest BCUT2D eigenvalue weighted by Gasteiger charge is -2.11. The Labute approximate surface area is 184 Å². The highest BCUT2D eigenvalue weighted by atomic mass is 79.9. The Balaban J connectivity index is 1.66. The van der Waals surface area contributed by atoms with Crippen molar-refractivity contribution >= 4 is 38.4 Å². The number of hydrogen-bond donors (Lipinski definition) is 1. The van der Waals surface area contributed by atoms with Gasteiger partial charge in [0.1, 0.15) is 0 Å². The molecular formula is C24H23BrN4O. The highest BCUT2D eigenvalue weighted by molar-refractivity contribution is 9.10. The molecule has 0 saturated heterocycles. The van der Waals surface area contributed by atoms with Crippen molar-refractivity contribution in [3.8, 4) is 0 Å². The van der Waals surface area contributed by atoms with Crippen LogP contribution in [0.4, 0.5) is 5.69 Å². The molecule has 1 amide bonds. The zero-order valence-corrected chi connectivity index (χ0v) is 19.0. The number of rotatable bonds is 4. The van der Waals surface area contributed by atoms with Crippen LogP contribution < -0.4 is 5.32 Å². The minimum atomic E-state index is -0.148. The van der Waals surface area contributed by atoms with Gasteiger partial charge in [-0.05, 0) is 63.6 Å². The Bertz CT molecular complexity index is 1260. The molecule has 2 heterocycles. The molecule has 0 saturated carbocycles. The second kappa shape index (κ2) is 8.03. The van der Waals surface area contributed by atoms with Gasteiger partial charge in [-0.2, -0.15) is 5.10 Å². The van der Waals surface area contributed by atoms with Gasteiger partial charge < -0.3 is 5.32 Å². The molecule has 30 heavy (non-hydrogen) atoms. The summed E-state index contributed by atoms with van der Waals surface area (Å²) in [5, 5.41) is 8.59. The molecule has 152 valence electrons. The van der Waals surface area contributed by atoms with E-state index in [2.05, 4.69) is 43.5 Å². The predicted molar refractivity (Wildman–Crippen MR) is 124 cm³/mol. The number of anilines is 1. The third-order valence-electron chi connectivity index (χ3n) is 5.20. The first-order chi connectivity index (χ1) is 14.3. The maximum Gasteiger partial charge on any atom is 0.256 e. The van der Waals surface area contributed by atoms with Gasteiger partial charge in [-0.1, -0.05) is 39.7 Å². The van der Waals surface area contributed by atoms with Gasteiger partial charge in [-0.25, -0.2) is 0 Å². The summed E-state index contributed by atoms with van der Waals surface area (Å²) in [4.78, 5) is 17.8. The van der Waals surface area contributed by atoms with Crippen molar-refractivity contribution in [2.75, 3.05) is 5.32 Å². The van der Waals surface area contributed by atoms with Crippen LogP contribution in [0.3, 0.4) is 0 Å². The van der Waals surface area contributed by atoms with Crippen LogP contribution in [0.15, 0.2) is 53.0 Å².